The van der Waals surface area contributed by atoms with E-state index in [4.69, 9.17) is 0 Å². The average Bonchev–Trinajstić information content (AvgIpc) is 3.14. The van der Waals surface area contributed by atoms with Crippen LogP contribution in [0, 0.1) is 12.7 Å². The average molecular weight is 353 g/mol. The molecule has 0 aliphatic heterocycles. The number of aromatic nitrogens is 2. The Bertz CT molecular complexity index is 1050. The number of halogens is 1. The van der Waals surface area contributed by atoms with E-state index in [1.807, 2.05) is 31.2 Å². The van der Waals surface area contributed by atoms with Gasteiger partial charge in [-0.15, -0.1) is 11.3 Å². The first-order valence-electron chi connectivity index (χ1n) is 7.98. The number of amides is 1. The van der Waals surface area contributed by atoms with Crippen LogP contribution in [0.2, 0.25) is 0 Å². The highest BCUT2D eigenvalue weighted by molar-refractivity contribution is 7.18. The van der Waals surface area contributed by atoms with Gasteiger partial charge in [0.05, 0.1) is 23.2 Å². The number of benzene rings is 2. The van der Waals surface area contributed by atoms with Crippen molar-refractivity contribution < 1.29 is 9.18 Å². The van der Waals surface area contributed by atoms with Crippen molar-refractivity contribution in [2.75, 3.05) is 0 Å². The van der Waals surface area contributed by atoms with Crippen molar-refractivity contribution in [3.8, 4) is 0 Å². The lowest BCUT2D eigenvalue weighted by Gasteiger charge is -2.04. The Labute approximate surface area is 147 Å². The maximum absolute atomic E-state index is 13.5. The van der Waals surface area contributed by atoms with Crippen LogP contribution >= 0.6 is 11.3 Å². The first-order chi connectivity index (χ1) is 12.1. The molecule has 0 atom stereocenters. The van der Waals surface area contributed by atoms with Gasteiger partial charge < -0.3 is 10.3 Å². The van der Waals surface area contributed by atoms with Crippen LogP contribution in [0.25, 0.3) is 21.1 Å². The van der Waals surface area contributed by atoms with E-state index in [0.29, 0.717) is 6.54 Å². The van der Waals surface area contributed by atoms with Gasteiger partial charge in [-0.2, -0.15) is 0 Å². The molecule has 2 heterocycles. The smallest absolute Gasteiger partial charge is 0.224 e. The molecule has 6 heteroatoms. The van der Waals surface area contributed by atoms with E-state index in [9.17, 15) is 9.18 Å². The SMILES string of the molecule is Cc1[nH]c2ccc(F)cc2c1CC(=O)NCc1nc2ccccc2s1. The number of nitrogens with zero attached hydrogens (tertiary/aromatic N) is 1. The predicted octanol–water partition coefficient (Wildman–Crippen LogP) is 4.08. The van der Waals surface area contributed by atoms with Crippen molar-refractivity contribution in [1.29, 1.82) is 0 Å². The molecule has 0 spiro atoms. The summed E-state index contributed by atoms with van der Waals surface area (Å²) in [5.74, 6) is -0.407. The Kier molecular flexibility index (Phi) is 3.97. The number of fused-ring (bicyclic) bond motifs is 2. The number of hydrogen-bond acceptors (Lipinski definition) is 3. The Morgan fingerprint density at radius 3 is 2.96 bits per heavy atom. The van der Waals surface area contributed by atoms with Crippen LogP contribution in [0.1, 0.15) is 16.3 Å². The molecule has 4 rings (SSSR count). The van der Waals surface area contributed by atoms with E-state index in [1.54, 1.807) is 17.4 Å². The van der Waals surface area contributed by atoms with Gasteiger partial charge in [-0.25, -0.2) is 9.37 Å². The van der Waals surface area contributed by atoms with Crippen LogP contribution in [0.4, 0.5) is 4.39 Å². The lowest BCUT2D eigenvalue weighted by atomic mass is 10.1. The molecule has 0 aliphatic rings. The number of hydrogen-bond donors (Lipinski definition) is 2. The van der Waals surface area contributed by atoms with Crippen molar-refractivity contribution in [2.24, 2.45) is 0 Å². The summed E-state index contributed by atoms with van der Waals surface area (Å²) in [6.07, 6.45) is 0.209. The molecule has 0 saturated carbocycles. The lowest BCUT2D eigenvalue weighted by Crippen LogP contribution is -2.24. The number of aromatic amines is 1. The molecule has 2 N–H and O–H groups in total. The molecule has 4 nitrogen and oxygen atoms in total. The van der Waals surface area contributed by atoms with Gasteiger partial charge in [0.1, 0.15) is 10.8 Å². The molecular formula is C19H16FN3OS. The van der Waals surface area contributed by atoms with Crippen molar-refractivity contribution in [3.05, 3.63) is 64.5 Å². The molecule has 0 radical (unpaired) electrons. The third kappa shape index (κ3) is 3.13. The van der Waals surface area contributed by atoms with E-state index in [2.05, 4.69) is 15.3 Å². The normalized spacial score (nSPS) is 11.3. The second-order valence-corrected chi connectivity index (χ2v) is 7.06. The number of para-hydroxylation sites is 1. The summed E-state index contributed by atoms with van der Waals surface area (Å²) in [5, 5.41) is 4.53. The first kappa shape index (κ1) is 15.8. The highest BCUT2D eigenvalue weighted by Gasteiger charge is 2.13. The van der Waals surface area contributed by atoms with Crippen LogP contribution in [-0.4, -0.2) is 15.9 Å². The second-order valence-electron chi connectivity index (χ2n) is 5.95. The maximum Gasteiger partial charge on any atom is 0.224 e. The molecular weight excluding hydrogens is 337 g/mol. The molecule has 2 aromatic carbocycles. The fraction of sp³-hybridized carbons (Fsp3) is 0.158. The highest BCUT2D eigenvalue weighted by Crippen LogP contribution is 2.24. The molecule has 2 aromatic heterocycles. The molecule has 126 valence electrons. The van der Waals surface area contributed by atoms with Crippen LogP contribution in [0.3, 0.4) is 0 Å². The number of nitrogens with one attached hydrogen (secondary N) is 2. The monoisotopic (exact) mass is 353 g/mol. The Morgan fingerprint density at radius 1 is 1.28 bits per heavy atom. The minimum absolute atomic E-state index is 0.104. The number of aryl methyl sites for hydroxylation is 1. The lowest BCUT2D eigenvalue weighted by molar-refractivity contribution is -0.120. The summed E-state index contributed by atoms with van der Waals surface area (Å²) < 4.78 is 14.6. The van der Waals surface area contributed by atoms with Gasteiger partial charge in [-0.3, -0.25) is 4.79 Å². The van der Waals surface area contributed by atoms with Gasteiger partial charge in [0.25, 0.3) is 0 Å². The molecule has 25 heavy (non-hydrogen) atoms. The predicted molar refractivity (Wildman–Crippen MR) is 98.2 cm³/mol. The van der Waals surface area contributed by atoms with Crippen molar-refractivity contribution in [3.63, 3.8) is 0 Å². The minimum atomic E-state index is -0.303. The van der Waals surface area contributed by atoms with Crippen molar-refractivity contribution >= 4 is 38.4 Å². The number of H-pyrrole nitrogens is 1. The van der Waals surface area contributed by atoms with Gasteiger partial charge in [-0.05, 0) is 42.8 Å². The van der Waals surface area contributed by atoms with E-state index >= 15 is 0 Å². The van der Waals surface area contributed by atoms with Crippen LogP contribution in [0.5, 0.6) is 0 Å². The van der Waals surface area contributed by atoms with Crippen molar-refractivity contribution in [2.45, 2.75) is 19.9 Å². The Morgan fingerprint density at radius 2 is 2.12 bits per heavy atom. The van der Waals surface area contributed by atoms with E-state index in [1.165, 1.54) is 12.1 Å². The van der Waals surface area contributed by atoms with Gasteiger partial charge in [0.2, 0.25) is 5.91 Å². The topological polar surface area (TPSA) is 57.8 Å². The van der Waals surface area contributed by atoms with Gasteiger partial charge in [0, 0.05) is 16.6 Å². The molecule has 0 saturated heterocycles. The molecule has 1 amide bonds. The van der Waals surface area contributed by atoms with Gasteiger partial charge in [-0.1, -0.05) is 12.1 Å². The summed E-state index contributed by atoms with van der Waals surface area (Å²) in [7, 11) is 0. The second kappa shape index (κ2) is 6.29. The van der Waals surface area contributed by atoms with Crippen molar-refractivity contribution in [1.82, 2.24) is 15.3 Å². The molecule has 0 aliphatic carbocycles. The summed E-state index contributed by atoms with van der Waals surface area (Å²) in [6.45, 7) is 2.29. The zero-order valence-electron chi connectivity index (χ0n) is 13.6. The van der Waals surface area contributed by atoms with Gasteiger partial charge >= 0.3 is 0 Å². The standard InChI is InChI=1S/C19H16FN3OS/c1-11-13(14-8-12(20)6-7-15(14)22-11)9-18(24)21-10-19-23-16-4-2-3-5-17(16)25-19/h2-8,22H,9-10H2,1H3,(H,21,24). The third-order valence-corrected chi connectivity index (χ3v) is 5.23. The number of rotatable bonds is 4. The number of carbonyl (C=O) groups excluding carboxylic acids is 1. The fourth-order valence-corrected chi connectivity index (χ4v) is 3.88. The minimum Gasteiger partial charge on any atom is -0.358 e. The van der Waals surface area contributed by atoms with E-state index in [0.717, 1.165) is 37.4 Å². The van der Waals surface area contributed by atoms with Crippen LogP contribution in [-0.2, 0) is 17.8 Å². The largest absolute Gasteiger partial charge is 0.358 e. The highest BCUT2D eigenvalue weighted by atomic mass is 32.1. The van der Waals surface area contributed by atoms with Crippen LogP contribution in [0.15, 0.2) is 42.5 Å². The quantitative estimate of drug-likeness (QED) is 0.581. The number of carbonyl (C=O) groups is 1. The first-order valence-corrected chi connectivity index (χ1v) is 8.79. The molecule has 4 aromatic rings. The number of thiazole rings is 1. The zero-order chi connectivity index (χ0) is 17.4. The van der Waals surface area contributed by atoms with Crippen LogP contribution < -0.4 is 5.32 Å². The summed E-state index contributed by atoms with van der Waals surface area (Å²) in [4.78, 5) is 20.0. The molecule has 0 unspecified atom stereocenters. The third-order valence-electron chi connectivity index (χ3n) is 4.19. The van der Waals surface area contributed by atoms with E-state index < -0.39 is 0 Å². The summed E-state index contributed by atoms with van der Waals surface area (Å²) in [5.41, 5.74) is 3.50. The maximum atomic E-state index is 13.5. The fourth-order valence-electron chi connectivity index (χ4n) is 2.98. The Balaban J connectivity index is 1.49. The van der Waals surface area contributed by atoms with E-state index in [-0.39, 0.29) is 18.1 Å². The summed E-state index contributed by atoms with van der Waals surface area (Å²) in [6, 6.07) is 12.5. The Hall–Kier alpha value is -2.73. The molecule has 0 fully saturated rings. The summed E-state index contributed by atoms with van der Waals surface area (Å²) >= 11 is 1.57. The molecule has 0 bridgehead atoms. The van der Waals surface area contributed by atoms with Gasteiger partial charge in [0.15, 0.2) is 0 Å². The zero-order valence-corrected chi connectivity index (χ0v) is 14.4.